The Balaban J connectivity index is 0.898. The number of hydrogen-bond acceptors (Lipinski definition) is 4. The van der Waals surface area contributed by atoms with Gasteiger partial charge in [-0.25, -0.2) is 19.9 Å². The van der Waals surface area contributed by atoms with Crippen LogP contribution in [0.3, 0.4) is 0 Å². The molecule has 0 aliphatic heterocycles. The van der Waals surface area contributed by atoms with Gasteiger partial charge in [-0.2, -0.15) is 0 Å². The SMILES string of the molecule is C=C/C(=C\CC)C1(c2cc(-c3cccc(/C(=N/C(=N)c4cc(-c5ccccc5)cc(-c5ccccc5)c4)N(C)CC)c3)cc(-c3cccc(-c4nc(-c5cc(-c6ccccc6)cc(-c6ccccc6)c5)nc(-c5cc(-c6ccccc6)cc(-c6ccccc6)c5)n4)c3)c2)c2ccccc2-c2ccccc21. The minimum Gasteiger partial charge on any atom is -0.359 e. The van der Waals surface area contributed by atoms with Gasteiger partial charge in [0.15, 0.2) is 23.3 Å². The summed E-state index contributed by atoms with van der Waals surface area (Å²) in [5.41, 5.74) is 27.2. The highest BCUT2D eigenvalue weighted by Crippen LogP contribution is 2.57. The molecule has 1 heterocycles. The molecule has 1 N–H and O–H groups in total. The van der Waals surface area contributed by atoms with E-state index in [1.165, 1.54) is 22.3 Å². The first-order chi connectivity index (χ1) is 51.7. The van der Waals surface area contributed by atoms with E-state index < -0.39 is 5.41 Å². The Morgan fingerprint density at radius 3 is 1.04 bits per heavy atom. The molecule has 16 rings (SSSR count). The highest BCUT2D eigenvalue weighted by molar-refractivity contribution is 6.11. The monoisotopic (exact) mass is 1350 g/mol. The summed E-state index contributed by atoms with van der Waals surface area (Å²) >= 11 is 0. The zero-order chi connectivity index (χ0) is 71.2. The fourth-order valence-corrected chi connectivity index (χ4v) is 15.0. The van der Waals surface area contributed by atoms with E-state index in [9.17, 15) is 5.41 Å². The topological polar surface area (TPSA) is 78.1 Å². The zero-order valence-electron chi connectivity index (χ0n) is 59.0. The molecule has 6 nitrogen and oxygen atoms in total. The predicted octanol–water partition coefficient (Wildman–Crippen LogP) is 24.8. The molecule has 0 spiro atoms. The van der Waals surface area contributed by atoms with Crippen molar-refractivity contribution in [3.8, 4) is 134 Å². The van der Waals surface area contributed by atoms with Crippen molar-refractivity contribution in [2.75, 3.05) is 13.6 Å². The number of hydrogen-bond donors (Lipinski definition) is 1. The summed E-state index contributed by atoms with van der Waals surface area (Å²) < 4.78 is 0. The molecule has 1 aliphatic carbocycles. The summed E-state index contributed by atoms with van der Waals surface area (Å²) in [5.74, 6) is 2.50. The smallest absolute Gasteiger partial charge is 0.164 e. The largest absolute Gasteiger partial charge is 0.359 e. The maximum atomic E-state index is 9.91. The van der Waals surface area contributed by atoms with Crippen LogP contribution in [0.2, 0.25) is 0 Å². The van der Waals surface area contributed by atoms with Crippen LogP contribution in [0, 0.1) is 5.41 Å². The summed E-state index contributed by atoms with van der Waals surface area (Å²) in [6, 6.07) is 125. The molecule has 1 aliphatic rings. The lowest BCUT2D eigenvalue weighted by Crippen LogP contribution is -2.29. The molecular weight excluding hydrogens is 1270 g/mol. The van der Waals surface area contributed by atoms with Crippen molar-refractivity contribution < 1.29 is 0 Å². The van der Waals surface area contributed by atoms with Crippen molar-refractivity contribution in [1.29, 1.82) is 5.41 Å². The summed E-state index contributed by atoms with van der Waals surface area (Å²) in [4.78, 5) is 24.1. The molecule has 15 aromatic rings. The number of benzene rings is 14. The van der Waals surface area contributed by atoms with Crippen molar-refractivity contribution >= 4 is 11.7 Å². The summed E-state index contributed by atoms with van der Waals surface area (Å²) in [7, 11) is 2.06. The van der Waals surface area contributed by atoms with E-state index in [0.29, 0.717) is 29.9 Å². The van der Waals surface area contributed by atoms with E-state index in [-0.39, 0.29) is 5.84 Å². The molecule has 105 heavy (non-hydrogen) atoms. The minimum atomic E-state index is -0.764. The lowest BCUT2D eigenvalue weighted by molar-refractivity contribution is 0.537. The van der Waals surface area contributed by atoms with Crippen LogP contribution in [0.5, 0.6) is 0 Å². The van der Waals surface area contributed by atoms with Gasteiger partial charge >= 0.3 is 0 Å². The van der Waals surface area contributed by atoms with Gasteiger partial charge in [0, 0.05) is 41.4 Å². The molecule has 0 saturated heterocycles. The van der Waals surface area contributed by atoms with Crippen LogP contribution in [0.1, 0.15) is 48.1 Å². The number of fused-ring (bicyclic) bond motifs is 3. The van der Waals surface area contributed by atoms with Crippen LogP contribution in [0.4, 0.5) is 0 Å². The molecule has 6 heteroatoms. The van der Waals surface area contributed by atoms with Crippen molar-refractivity contribution in [2.45, 2.75) is 25.7 Å². The second kappa shape index (κ2) is 29.4. The van der Waals surface area contributed by atoms with Gasteiger partial charge in [0.2, 0.25) is 0 Å². The van der Waals surface area contributed by atoms with E-state index in [2.05, 4.69) is 384 Å². The first-order valence-electron chi connectivity index (χ1n) is 36.0. The molecule has 0 radical (unpaired) electrons. The number of aromatic nitrogens is 3. The Hall–Kier alpha value is -13.3. The number of nitrogens with one attached hydrogen (secondary N) is 1. The van der Waals surface area contributed by atoms with E-state index in [0.717, 1.165) is 134 Å². The lowest BCUT2D eigenvalue weighted by atomic mass is 9.66. The van der Waals surface area contributed by atoms with Gasteiger partial charge in [-0.3, -0.25) is 5.41 Å². The van der Waals surface area contributed by atoms with Gasteiger partial charge in [0.25, 0.3) is 0 Å². The van der Waals surface area contributed by atoms with Crippen molar-refractivity contribution in [3.05, 3.63) is 404 Å². The first-order valence-corrected chi connectivity index (χ1v) is 36.0. The highest BCUT2D eigenvalue weighted by atomic mass is 15.2. The molecule has 1 aromatic heterocycles. The van der Waals surface area contributed by atoms with Gasteiger partial charge < -0.3 is 4.90 Å². The fourth-order valence-electron chi connectivity index (χ4n) is 15.0. The Morgan fingerprint density at radius 2 is 0.648 bits per heavy atom. The van der Waals surface area contributed by atoms with Crippen molar-refractivity contribution in [2.24, 2.45) is 4.99 Å². The highest BCUT2D eigenvalue weighted by Gasteiger charge is 2.46. The van der Waals surface area contributed by atoms with E-state index in [1.807, 2.05) is 12.1 Å². The second-order valence-corrected chi connectivity index (χ2v) is 26.8. The molecular formula is C99H76N6. The number of rotatable bonds is 18. The van der Waals surface area contributed by atoms with Gasteiger partial charge in [0.1, 0.15) is 5.84 Å². The molecule has 0 unspecified atom stereocenters. The predicted molar refractivity (Wildman–Crippen MR) is 438 cm³/mol. The summed E-state index contributed by atoms with van der Waals surface area (Å²) in [6.07, 6.45) is 5.22. The summed E-state index contributed by atoms with van der Waals surface area (Å²) in [5, 5.41) is 9.91. The molecule has 0 bridgehead atoms. The average molecular weight is 1350 g/mol. The molecule has 0 fully saturated rings. The molecule has 0 saturated carbocycles. The number of nitrogens with zero attached hydrogens (tertiary/aromatic N) is 5. The molecule has 502 valence electrons. The van der Waals surface area contributed by atoms with Gasteiger partial charge in [-0.1, -0.05) is 293 Å². The minimum absolute atomic E-state index is 0.169. The van der Waals surface area contributed by atoms with Crippen LogP contribution >= 0.6 is 0 Å². The third kappa shape index (κ3) is 13.3. The fraction of sp³-hybridized carbons (Fsp3) is 0.0606. The summed E-state index contributed by atoms with van der Waals surface area (Å²) in [6.45, 7) is 9.60. The second-order valence-electron chi connectivity index (χ2n) is 26.8. The van der Waals surface area contributed by atoms with Gasteiger partial charge in [-0.15, -0.1) is 0 Å². The quantitative estimate of drug-likeness (QED) is 0.0527. The van der Waals surface area contributed by atoms with Crippen LogP contribution in [-0.2, 0) is 5.41 Å². The Morgan fingerprint density at radius 1 is 0.343 bits per heavy atom. The van der Waals surface area contributed by atoms with Crippen LogP contribution < -0.4 is 0 Å². The van der Waals surface area contributed by atoms with E-state index >= 15 is 0 Å². The van der Waals surface area contributed by atoms with Crippen molar-refractivity contribution in [3.63, 3.8) is 0 Å². The van der Waals surface area contributed by atoms with Gasteiger partial charge in [0.05, 0.1) is 5.41 Å². The van der Waals surface area contributed by atoms with E-state index in [1.54, 1.807) is 0 Å². The zero-order valence-corrected chi connectivity index (χ0v) is 59.0. The number of allylic oxidation sites excluding steroid dienone is 3. The lowest BCUT2D eigenvalue weighted by Gasteiger charge is -2.35. The Kier molecular flexibility index (Phi) is 18.5. The normalized spacial score (nSPS) is 12.3. The third-order valence-electron chi connectivity index (χ3n) is 20.2. The molecule has 0 amide bonds. The van der Waals surface area contributed by atoms with Crippen LogP contribution in [-0.4, -0.2) is 45.1 Å². The average Bonchev–Trinajstić information content (AvgIpc) is 1.57. The maximum absolute atomic E-state index is 9.91. The maximum Gasteiger partial charge on any atom is 0.164 e. The standard InChI is InChI=1S/C99H76N6/c1-5-32-88(6-2)99(92-51-28-26-49-90(92)91-50-27-29-52-93(91)99)89-65-83(58-84(66-89)74-46-31-48-76(54-74)98(105(4)7-3)101-94(100)85-59-77(67-33-14-8-15-34-67)55-78(60-85)68-35-16-9-17-36-68)73-45-30-47-75(53-73)95-102-96(86-61-79(69-37-18-10-19-38-69)56-80(62-86)70-39-20-11-21-40-70)104-97(103-95)87-63-81(71-41-22-12-23-42-71)57-82(64-87)72-43-24-13-25-44-72/h6,8-66,100H,2,5,7H2,1,3-4H3/b88-32+,100-94?,101-98-. The van der Waals surface area contributed by atoms with E-state index in [4.69, 9.17) is 19.9 Å². The Bertz CT molecular complexity index is 5420. The van der Waals surface area contributed by atoms with Crippen LogP contribution in [0.15, 0.2) is 381 Å². The third-order valence-corrected chi connectivity index (χ3v) is 20.2. The van der Waals surface area contributed by atoms with Crippen molar-refractivity contribution in [1.82, 2.24) is 19.9 Å². The Labute approximate surface area is 615 Å². The number of aliphatic imine (C=N–C) groups is 1. The van der Waals surface area contributed by atoms with Gasteiger partial charge in [-0.05, 0) is 221 Å². The van der Waals surface area contributed by atoms with Crippen LogP contribution in [0.25, 0.3) is 134 Å². The molecule has 14 aromatic carbocycles. The number of amidine groups is 2. The first kappa shape index (κ1) is 66.3. The molecule has 0 atom stereocenters.